The minimum Gasteiger partial charge on any atom is -0.490 e. The lowest BCUT2D eigenvalue weighted by atomic mass is 10.0. The van der Waals surface area contributed by atoms with E-state index in [0.29, 0.717) is 5.92 Å². The topological polar surface area (TPSA) is 18.5 Å². The summed E-state index contributed by atoms with van der Waals surface area (Å²) in [6.45, 7) is 7.26. The fourth-order valence-corrected chi connectivity index (χ4v) is 3.18. The van der Waals surface area contributed by atoms with Gasteiger partial charge < -0.3 is 9.47 Å². The van der Waals surface area contributed by atoms with Crippen molar-refractivity contribution in [3.8, 4) is 11.5 Å². The predicted molar refractivity (Wildman–Crippen MR) is 82.5 cm³/mol. The summed E-state index contributed by atoms with van der Waals surface area (Å²) in [6, 6.07) is 6.20. The molecular weight excluding hydrogens is 304 g/mol. The summed E-state index contributed by atoms with van der Waals surface area (Å²) < 4.78 is 11.9. The molecule has 2 rings (SSSR count). The molecule has 0 aromatic heterocycles. The van der Waals surface area contributed by atoms with Crippen LogP contribution < -0.4 is 9.47 Å². The maximum absolute atomic E-state index is 6.00. The first-order valence-corrected chi connectivity index (χ1v) is 8.13. The summed E-state index contributed by atoms with van der Waals surface area (Å²) in [5, 5.41) is 1.06. The van der Waals surface area contributed by atoms with Crippen molar-refractivity contribution in [3.63, 3.8) is 0 Å². The molecule has 106 valence electrons. The molecule has 1 aliphatic rings. The smallest absolute Gasteiger partial charge is 0.165 e. The average molecular weight is 327 g/mol. The van der Waals surface area contributed by atoms with E-state index in [-0.39, 0.29) is 5.60 Å². The number of hydrogen-bond donors (Lipinski definition) is 0. The molecule has 1 heterocycles. The van der Waals surface area contributed by atoms with Gasteiger partial charge in [0.15, 0.2) is 11.5 Å². The summed E-state index contributed by atoms with van der Waals surface area (Å²) in [7, 11) is 0. The van der Waals surface area contributed by atoms with E-state index in [2.05, 4.69) is 48.8 Å². The van der Waals surface area contributed by atoms with E-state index in [0.717, 1.165) is 36.3 Å². The van der Waals surface area contributed by atoms with Crippen LogP contribution in [0.25, 0.3) is 0 Å². The molecule has 0 saturated heterocycles. The zero-order valence-electron chi connectivity index (χ0n) is 12.0. The minimum absolute atomic E-state index is 0.106. The van der Waals surface area contributed by atoms with Crippen LogP contribution >= 0.6 is 15.9 Å². The molecule has 3 heteroatoms. The van der Waals surface area contributed by atoms with E-state index in [1.165, 1.54) is 12.0 Å². The Balaban J connectivity index is 1.94. The minimum atomic E-state index is -0.106. The van der Waals surface area contributed by atoms with E-state index >= 15 is 0 Å². The van der Waals surface area contributed by atoms with Crippen molar-refractivity contribution in [2.45, 2.75) is 45.6 Å². The predicted octanol–water partition coefficient (Wildman–Crippen LogP) is 4.59. The highest BCUT2D eigenvalue weighted by Crippen LogP contribution is 2.41. The van der Waals surface area contributed by atoms with Crippen LogP contribution in [-0.4, -0.2) is 17.5 Å². The number of fused-ring (bicyclic) bond motifs is 1. The van der Waals surface area contributed by atoms with Crippen LogP contribution in [0.5, 0.6) is 11.5 Å². The van der Waals surface area contributed by atoms with Gasteiger partial charge in [0, 0.05) is 17.3 Å². The average Bonchev–Trinajstić information content (AvgIpc) is 2.64. The van der Waals surface area contributed by atoms with E-state index in [9.17, 15) is 0 Å². The first-order chi connectivity index (χ1) is 9.02. The van der Waals surface area contributed by atoms with Crippen molar-refractivity contribution in [3.05, 3.63) is 23.8 Å². The Kier molecular flexibility index (Phi) is 4.77. The molecule has 2 nitrogen and oxygen atoms in total. The molecule has 0 fully saturated rings. The second-order valence-electron chi connectivity index (χ2n) is 6.00. The fraction of sp³-hybridized carbons (Fsp3) is 0.625. The number of para-hydroxylation sites is 1. The van der Waals surface area contributed by atoms with Gasteiger partial charge in [-0.1, -0.05) is 35.0 Å². The zero-order valence-corrected chi connectivity index (χ0v) is 13.6. The van der Waals surface area contributed by atoms with Crippen LogP contribution in [0, 0.1) is 5.92 Å². The van der Waals surface area contributed by atoms with Gasteiger partial charge in [0.05, 0.1) is 6.61 Å². The van der Waals surface area contributed by atoms with Gasteiger partial charge in [-0.05, 0) is 38.7 Å². The largest absolute Gasteiger partial charge is 0.490 e. The third-order valence-corrected chi connectivity index (χ3v) is 3.98. The normalized spacial score (nSPS) is 17.7. The summed E-state index contributed by atoms with van der Waals surface area (Å²) >= 11 is 3.48. The molecule has 0 radical (unpaired) electrons. The van der Waals surface area contributed by atoms with Crippen LogP contribution in [0.1, 0.15) is 39.2 Å². The van der Waals surface area contributed by atoms with Gasteiger partial charge in [-0.15, -0.1) is 0 Å². The fourth-order valence-electron chi connectivity index (χ4n) is 2.40. The Morgan fingerprint density at radius 2 is 2.16 bits per heavy atom. The maximum Gasteiger partial charge on any atom is 0.165 e. The Bertz CT molecular complexity index is 429. The van der Waals surface area contributed by atoms with Gasteiger partial charge in [-0.3, -0.25) is 0 Å². The molecule has 0 spiro atoms. The van der Waals surface area contributed by atoms with E-state index < -0.39 is 0 Å². The molecule has 0 amide bonds. The molecule has 1 aromatic carbocycles. The summed E-state index contributed by atoms with van der Waals surface area (Å²) in [6.07, 6.45) is 3.23. The lowest BCUT2D eigenvalue weighted by Gasteiger charge is -2.18. The first-order valence-electron chi connectivity index (χ1n) is 7.01. The van der Waals surface area contributed by atoms with Gasteiger partial charge in [0.25, 0.3) is 0 Å². The van der Waals surface area contributed by atoms with Crippen LogP contribution in [0.4, 0.5) is 0 Å². The SMILES string of the molecule is CC(CCBr)CCOc1cccc2c1OC(C)(C)C2. The molecule has 0 aliphatic carbocycles. The molecule has 1 aromatic rings. The third kappa shape index (κ3) is 3.88. The highest BCUT2D eigenvalue weighted by atomic mass is 79.9. The van der Waals surface area contributed by atoms with Crippen molar-refractivity contribution in [2.24, 2.45) is 5.92 Å². The van der Waals surface area contributed by atoms with Gasteiger partial charge in [-0.2, -0.15) is 0 Å². The summed E-state index contributed by atoms with van der Waals surface area (Å²) in [5.41, 5.74) is 1.15. The van der Waals surface area contributed by atoms with Crippen LogP contribution in [0.2, 0.25) is 0 Å². The molecule has 1 atom stereocenters. The number of ether oxygens (including phenoxy) is 2. The number of rotatable bonds is 6. The van der Waals surface area contributed by atoms with Crippen molar-refractivity contribution in [2.75, 3.05) is 11.9 Å². The van der Waals surface area contributed by atoms with E-state index in [1.54, 1.807) is 0 Å². The van der Waals surface area contributed by atoms with Crippen LogP contribution in [0.3, 0.4) is 0 Å². The van der Waals surface area contributed by atoms with Crippen molar-refractivity contribution in [1.29, 1.82) is 0 Å². The van der Waals surface area contributed by atoms with Gasteiger partial charge in [-0.25, -0.2) is 0 Å². The molecular formula is C16H23BrO2. The standard InChI is InChI=1S/C16H23BrO2/c1-12(7-9-17)8-10-18-14-6-4-5-13-11-16(2,3)19-15(13)14/h4-6,12H,7-11H2,1-3H3. The van der Waals surface area contributed by atoms with E-state index in [4.69, 9.17) is 9.47 Å². The van der Waals surface area contributed by atoms with Crippen molar-refractivity contribution < 1.29 is 9.47 Å². The van der Waals surface area contributed by atoms with Crippen molar-refractivity contribution >= 4 is 15.9 Å². The molecule has 0 bridgehead atoms. The third-order valence-electron chi connectivity index (χ3n) is 3.53. The molecule has 0 saturated carbocycles. The zero-order chi connectivity index (χ0) is 13.9. The van der Waals surface area contributed by atoms with Gasteiger partial charge in [0.2, 0.25) is 0 Å². The molecule has 19 heavy (non-hydrogen) atoms. The number of alkyl halides is 1. The summed E-state index contributed by atoms with van der Waals surface area (Å²) in [4.78, 5) is 0. The Hall–Kier alpha value is -0.700. The van der Waals surface area contributed by atoms with Gasteiger partial charge >= 0.3 is 0 Å². The second kappa shape index (κ2) is 6.17. The summed E-state index contributed by atoms with van der Waals surface area (Å²) in [5.74, 6) is 2.53. The highest BCUT2D eigenvalue weighted by Gasteiger charge is 2.32. The van der Waals surface area contributed by atoms with Crippen LogP contribution in [0.15, 0.2) is 18.2 Å². The second-order valence-corrected chi connectivity index (χ2v) is 6.80. The molecule has 1 aliphatic heterocycles. The first kappa shape index (κ1) is 14.7. The number of benzene rings is 1. The van der Waals surface area contributed by atoms with Crippen molar-refractivity contribution in [1.82, 2.24) is 0 Å². The highest BCUT2D eigenvalue weighted by molar-refractivity contribution is 9.09. The quantitative estimate of drug-likeness (QED) is 0.712. The molecule has 0 N–H and O–H groups in total. The lowest BCUT2D eigenvalue weighted by Crippen LogP contribution is -2.24. The monoisotopic (exact) mass is 326 g/mol. The number of halogens is 1. The lowest BCUT2D eigenvalue weighted by molar-refractivity contribution is 0.131. The Morgan fingerprint density at radius 1 is 1.37 bits per heavy atom. The Labute approximate surface area is 124 Å². The Morgan fingerprint density at radius 3 is 2.89 bits per heavy atom. The molecule has 1 unspecified atom stereocenters. The van der Waals surface area contributed by atoms with E-state index in [1.807, 2.05) is 6.07 Å². The maximum atomic E-state index is 6.00. The van der Waals surface area contributed by atoms with Gasteiger partial charge in [0.1, 0.15) is 5.60 Å². The van der Waals surface area contributed by atoms with Crippen LogP contribution in [-0.2, 0) is 6.42 Å². The number of hydrogen-bond acceptors (Lipinski definition) is 2.